The van der Waals surface area contributed by atoms with E-state index in [4.69, 9.17) is 0 Å². The molecule has 1 heterocycles. The minimum Gasteiger partial charge on any atom is -0.353 e. The molecule has 0 saturated heterocycles. The van der Waals surface area contributed by atoms with Gasteiger partial charge in [0.1, 0.15) is 0 Å². The topological polar surface area (TPSA) is 46.9 Å². The number of nitrogens with zero attached hydrogens (tertiary/aromatic N) is 2. The molecule has 0 aliphatic rings. The fourth-order valence-electron chi connectivity index (χ4n) is 1.81. The zero-order valence-corrected chi connectivity index (χ0v) is 12.0. The van der Waals surface area contributed by atoms with Gasteiger partial charge in [0.2, 0.25) is 5.91 Å². The zero-order chi connectivity index (χ0) is 14.7. The van der Waals surface area contributed by atoms with E-state index in [1.54, 1.807) is 24.3 Å². The Morgan fingerprint density at radius 3 is 2.75 bits per heavy atom. The molecule has 1 amide bonds. The van der Waals surface area contributed by atoms with Gasteiger partial charge < -0.3 is 5.32 Å². The van der Waals surface area contributed by atoms with Crippen molar-refractivity contribution < 1.29 is 13.6 Å². The van der Waals surface area contributed by atoms with Crippen molar-refractivity contribution in [2.45, 2.75) is 31.6 Å². The van der Waals surface area contributed by atoms with Crippen LogP contribution in [0.4, 0.5) is 8.78 Å². The molecule has 1 aromatic carbocycles. The molecule has 1 N–H and O–H groups in total. The average Bonchev–Trinajstić information content (AvgIpc) is 2.73. The number of aromatic nitrogens is 2. The Balaban J connectivity index is 2.21. The lowest BCUT2D eigenvalue weighted by Crippen LogP contribution is -2.31. The van der Waals surface area contributed by atoms with Gasteiger partial charge in [-0.15, -0.1) is 0 Å². The molecule has 0 saturated carbocycles. The van der Waals surface area contributed by atoms with Crippen LogP contribution in [-0.2, 0) is 4.79 Å². The number of carbonyl (C=O) groups excluding carboxylic acids is 1. The molecule has 0 bridgehead atoms. The summed E-state index contributed by atoms with van der Waals surface area (Å²) in [6, 6.07) is 6.71. The van der Waals surface area contributed by atoms with Crippen LogP contribution in [-0.4, -0.2) is 27.3 Å². The number of amides is 1. The molecular formula is C13H15F2N3OS. The number of benzene rings is 1. The fourth-order valence-corrected chi connectivity index (χ4v) is 2.63. The maximum atomic E-state index is 13.1. The summed E-state index contributed by atoms with van der Waals surface area (Å²) in [5, 5.41) is 2.86. The predicted molar refractivity (Wildman–Crippen MR) is 75.0 cm³/mol. The molecule has 0 unspecified atom stereocenters. The van der Waals surface area contributed by atoms with Gasteiger partial charge in [0, 0.05) is 6.04 Å². The normalized spacial score (nSPS) is 11.5. The first-order valence-corrected chi connectivity index (χ1v) is 7.15. The zero-order valence-electron chi connectivity index (χ0n) is 11.1. The Hall–Kier alpha value is -1.63. The lowest BCUT2D eigenvalue weighted by atomic mass is 10.3. The second-order valence-electron chi connectivity index (χ2n) is 4.54. The van der Waals surface area contributed by atoms with Gasteiger partial charge in [-0.3, -0.25) is 9.36 Å². The first-order chi connectivity index (χ1) is 9.49. The van der Waals surface area contributed by atoms with Crippen molar-refractivity contribution in [3.63, 3.8) is 0 Å². The minimum absolute atomic E-state index is 0.0250. The van der Waals surface area contributed by atoms with Crippen molar-refractivity contribution in [2.75, 3.05) is 5.75 Å². The quantitative estimate of drug-likeness (QED) is 0.863. The third-order valence-electron chi connectivity index (χ3n) is 2.54. The fraction of sp³-hybridized carbons (Fsp3) is 0.385. The third-order valence-corrected chi connectivity index (χ3v) is 3.49. The standard InChI is InChI=1S/C13H15F2N3OS/c1-8(2)16-11(19)7-20-13-17-9-5-3-4-6-10(9)18(13)12(14)15/h3-6,8,12H,7H2,1-2H3,(H,16,19). The smallest absolute Gasteiger partial charge is 0.321 e. The molecule has 0 aliphatic heterocycles. The van der Waals surface area contributed by atoms with Gasteiger partial charge in [0.15, 0.2) is 5.16 Å². The van der Waals surface area contributed by atoms with Gasteiger partial charge in [-0.1, -0.05) is 23.9 Å². The second-order valence-corrected chi connectivity index (χ2v) is 5.48. The van der Waals surface area contributed by atoms with Gasteiger partial charge in [-0.2, -0.15) is 8.78 Å². The number of alkyl halides is 2. The molecule has 0 spiro atoms. The van der Waals surface area contributed by atoms with Crippen molar-refractivity contribution in [1.29, 1.82) is 0 Å². The molecule has 0 atom stereocenters. The first-order valence-electron chi connectivity index (χ1n) is 6.16. The average molecular weight is 299 g/mol. The maximum absolute atomic E-state index is 13.1. The SMILES string of the molecule is CC(C)NC(=O)CSc1nc2ccccc2n1C(F)F. The van der Waals surface area contributed by atoms with Gasteiger partial charge in [0.25, 0.3) is 0 Å². The number of halogens is 2. The molecule has 20 heavy (non-hydrogen) atoms. The lowest BCUT2D eigenvalue weighted by Gasteiger charge is -2.09. The van der Waals surface area contributed by atoms with Crippen LogP contribution in [0.25, 0.3) is 11.0 Å². The first kappa shape index (κ1) is 14.8. The summed E-state index contributed by atoms with van der Waals surface area (Å²) < 4.78 is 27.1. The number of fused-ring (bicyclic) bond motifs is 1. The number of thioether (sulfide) groups is 1. The van der Waals surface area contributed by atoms with Gasteiger partial charge in [-0.05, 0) is 26.0 Å². The van der Waals surface area contributed by atoms with Crippen LogP contribution >= 0.6 is 11.8 Å². The van der Waals surface area contributed by atoms with E-state index in [1.165, 1.54) is 0 Å². The van der Waals surface area contributed by atoms with Gasteiger partial charge in [-0.25, -0.2) is 4.98 Å². The number of hydrogen-bond donors (Lipinski definition) is 1. The van der Waals surface area contributed by atoms with Crippen molar-refractivity contribution in [3.8, 4) is 0 Å². The summed E-state index contributed by atoms with van der Waals surface area (Å²) >= 11 is 1.01. The van der Waals surface area contributed by atoms with E-state index in [2.05, 4.69) is 10.3 Å². The van der Waals surface area contributed by atoms with E-state index in [1.807, 2.05) is 13.8 Å². The molecular weight excluding hydrogens is 284 g/mol. The Morgan fingerprint density at radius 1 is 1.40 bits per heavy atom. The van der Waals surface area contributed by atoms with E-state index in [0.717, 1.165) is 16.3 Å². The largest absolute Gasteiger partial charge is 0.353 e. The Morgan fingerprint density at radius 2 is 2.10 bits per heavy atom. The van der Waals surface area contributed by atoms with E-state index >= 15 is 0 Å². The predicted octanol–water partition coefficient (Wildman–Crippen LogP) is 3.05. The summed E-state index contributed by atoms with van der Waals surface area (Å²) in [4.78, 5) is 15.7. The minimum atomic E-state index is -2.68. The van der Waals surface area contributed by atoms with Crippen LogP contribution < -0.4 is 5.32 Å². The maximum Gasteiger partial charge on any atom is 0.321 e. The lowest BCUT2D eigenvalue weighted by molar-refractivity contribution is -0.119. The van der Waals surface area contributed by atoms with Crippen LogP contribution in [0.2, 0.25) is 0 Å². The number of carbonyl (C=O) groups is 1. The summed E-state index contributed by atoms with van der Waals surface area (Å²) in [5.74, 6) is -0.133. The van der Waals surface area contributed by atoms with Crippen LogP contribution in [0.3, 0.4) is 0 Å². The number of hydrogen-bond acceptors (Lipinski definition) is 3. The summed E-state index contributed by atoms with van der Waals surface area (Å²) in [5.41, 5.74) is 0.869. The Labute approximate surface area is 119 Å². The summed E-state index contributed by atoms with van der Waals surface area (Å²) in [7, 11) is 0. The highest BCUT2D eigenvalue weighted by atomic mass is 32.2. The highest BCUT2D eigenvalue weighted by Gasteiger charge is 2.18. The number of rotatable bonds is 5. The molecule has 7 heteroatoms. The summed E-state index contributed by atoms with van der Waals surface area (Å²) in [6.45, 7) is 1.01. The van der Waals surface area contributed by atoms with Crippen molar-refractivity contribution in [1.82, 2.24) is 14.9 Å². The Kier molecular flexibility index (Phi) is 4.59. The van der Waals surface area contributed by atoms with Crippen LogP contribution in [0, 0.1) is 0 Å². The number of imidazole rings is 1. The summed E-state index contributed by atoms with van der Waals surface area (Å²) in [6.07, 6.45) is 0. The molecule has 0 aliphatic carbocycles. The van der Waals surface area contributed by atoms with E-state index in [9.17, 15) is 13.6 Å². The van der Waals surface area contributed by atoms with Gasteiger partial charge in [0.05, 0.1) is 16.8 Å². The van der Waals surface area contributed by atoms with Gasteiger partial charge >= 0.3 is 6.55 Å². The molecule has 2 rings (SSSR count). The van der Waals surface area contributed by atoms with Crippen molar-refractivity contribution in [2.24, 2.45) is 0 Å². The molecule has 0 radical (unpaired) electrons. The number of nitrogens with one attached hydrogen (secondary N) is 1. The highest BCUT2D eigenvalue weighted by Crippen LogP contribution is 2.28. The Bertz CT molecular complexity index is 613. The molecule has 2 aromatic rings. The van der Waals surface area contributed by atoms with E-state index < -0.39 is 6.55 Å². The second kappa shape index (κ2) is 6.21. The highest BCUT2D eigenvalue weighted by molar-refractivity contribution is 7.99. The van der Waals surface area contributed by atoms with Crippen LogP contribution in [0.1, 0.15) is 20.4 Å². The number of para-hydroxylation sites is 2. The molecule has 1 aromatic heterocycles. The molecule has 4 nitrogen and oxygen atoms in total. The monoisotopic (exact) mass is 299 g/mol. The van der Waals surface area contributed by atoms with E-state index in [0.29, 0.717) is 11.0 Å². The third kappa shape index (κ3) is 3.27. The molecule has 108 valence electrons. The van der Waals surface area contributed by atoms with Crippen LogP contribution in [0.5, 0.6) is 0 Å². The van der Waals surface area contributed by atoms with Crippen LogP contribution in [0.15, 0.2) is 29.4 Å². The molecule has 0 fully saturated rings. The van der Waals surface area contributed by atoms with Crippen molar-refractivity contribution >= 4 is 28.7 Å². The van der Waals surface area contributed by atoms with E-state index in [-0.39, 0.29) is 22.9 Å². The van der Waals surface area contributed by atoms with Crippen molar-refractivity contribution in [3.05, 3.63) is 24.3 Å².